The zero-order valence-corrected chi connectivity index (χ0v) is 17.5. The molecule has 32 heavy (non-hydrogen) atoms. The average molecular weight is 428 g/mol. The van der Waals surface area contributed by atoms with Crippen LogP contribution in [0.4, 0.5) is 11.4 Å². The molecule has 0 saturated heterocycles. The summed E-state index contributed by atoms with van der Waals surface area (Å²) in [6, 6.07) is 16.5. The highest BCUT2D eigenvalue weighted by molar-refractivity contribution is 6.36. The number of non-ortho nitro benzene ring substituents is 1. The summed E-state index contributed by atoms with van der Waals surface area (Å²) in [7, 11) is 0. The van der Waals surface area contributed by atoms with Gasteiger partial charge in [-0.25, -0.2) is 0 Å². The van der Waals surface area contributed by atoms with Crippen molar-refractivity contribution in [3.05, 3.63) is 105 Å². The van der Waals surface area contributed by atoms with Crippen LogP contribution < -0.4 is 5.32 Å². The van der Waals surface area contributed by atoms with E-state index in [1.165, 1.54) is 24.3 Å². The number of aromatic nitrogens is 1. The lowest BCUT2D eigenvalue weighted by Gasteiger charge is -2.15. The zero-order valence-electron chi connectivity index (χ0n) is 17.5. The van der Waals surface area contributed by atoms with Crippen LogP contribution in [0.15, 0.2) is 72.6 Å². The quantitative estimate of drug-likeness (QED) is 0.361. The molecule has 0 saturated carbocycles. The first-order valence-electron chi connectivity index (χ1n) is 9.94. The molecule has 0 bridgehead atoms. The molecule has 0 radical (unpaired) electrons. The summed E-state index contributed by atoms with van der Waals surface area (Å²) >= 11 is 0. The Kier molecular flexibility index (Phi) is 5.51. The van der Waals surface area contributed by atoms with Crippen molar-refractivity contribution in [3.63, 3.8) is 0 Å². The van der Waals surface area contributed by atoms with Crippen LogP contribution in [0.3, 0.4) is 0 Å². The molecule has 0 unspecified atom stereocenters. The number of imide groups is 1. The van der Waals surface area contributed by atoms with Crippen LogP contribution in [0.25, 0.3) is 5.57 Å². The molecule has 2 amide bonds. The van der Waals surface area contributed by atoms with Crippen molar-refractivity contribution in [2.75, 3.05) is 5.32 Å². The topological polar surface area (TPSA) is 105 Å². The molecular formula is C24H20N4O4. The monoisotopic (exact) mass is 428 g/mol. The Bertz CT molecular complexity index is 1250. The molecule has 8 nitrogen and oxygen atoms in total. The van der Waals surface area contributed by atoms with E-state index in [0.717, 1.165) is 16.0 Å². The van der Waals surface area contributed by atoms with Gasteiger partial charge in [-0.1, -0.05) is 12.1 Å². The summed E-state index contributed by atoms with van der Waals surface area (Å²) in [5.74, 6) is -0.965. The van der Waals surface area contributed by atoms with Crippen LogP contribution in [-0.4, -0.2) is 26.6 Å². The standard InChI is InChI=1S/C24H20N4O4/c1-15-6-9-18(13-16(15)2)26-22-21(17-7-10-20(11-8-17)28(31)32)23(29)27(24(22)30)14-19-5-3-4-12-25-19/h3-13,26H,14H2,1-2H3. The van der Waals surface area contributed by atoms with Gasteiger partial charge in [0.2, 0.25) is 0 Å². The van der Waals surface area contributed by atoms with Gasteiger partial charge in [-0.15, -0.1) is 0 Å². The van der Waals surface area contributed by atoms with Crippen molar-refractivity contribution >= 4 is 28.8 Å². The third-order valence-corrected chi connectivity index (χ3v) is 5.36. The summed E-state index contributed by atoms with van der Waals surface area (Å²) in [5, 5.41) is 14.1. The minimum atomic E-state index is -0.512. The zero-order chi connectivity index (χ0) is 22.8. The predicted molar refractivity (Wildman–Crippen MR) is 119 cm³/mol. The van der Waals surface area contributed by atoms with Gasteiger partial charge in [-0.3, -0.25) is 29.6 Å². The van der Waals surface area contributed by atoms with Crippen LogP contribution in [0.2, 0.25) is 0 Å². The van der Waals surface area contributed by atoms with Gasteiger partial charge in [0.15, 0.2) is 0 Å². The summed E-state index contributed by atoms with van der Waals surface area (Å²) < 4.78 is 0. The minimum Gasteiger partial charge on any atom is -0.350 e. The molecule has 0 aliphatic carbocycles. The molecule has 4 rings (SSSR count). The van der Waals surface area contributed by atoms with E-state index in [4.69, 9.17) is 0 Å². The number of hydrogen-bond donors (Lipinski definition) is 1. The third-order valence-electron chi connectivity index (χ3n) is 5.36. The van der Waals surface area contributed by atoms with Crippen molar-refractivity contribution in [1.82, 2.24) is 9.88 Å². The maximum Gasteiger partial charge on any atom is 0.278 e. The van der Waals surface area contributed by atoms with Crippen molar-refractivity contribution < 1.29 is 14.5 Å². The van der Waals surface area contributed by atoms with Crippen molar-refractivity contribution in [2.24, 2.45) is 0 Å². The van der Waals surface area contributed by atoms with Gasteiger partial charge in [0.1, 0.15) is 5.70 Å². The van der Waals surface area contributed by atoms with Gasteiger partial charge in [0.05, 0.1) is 22.7 Å². The number of benzene rings is 2. The highest BCUT2D eigenvalue weighted by Crippen LogP contribution is 2.32. The normalized spacial score (nSPS) is 13.6. The molecular weight excluding hydrogens is 408 g/mol. The van der Waals surface area contributed by atoms with E-state index in [-0.39, 0.29) is 23.5 Å². The number of amides is 2. The highest BCUT2D eigenvalue weighted by Gasteiger charge is 2.39. The van der Waals surface area contributed by atoms with Crippen LogP contribution in [-0.2, 0) is 16.1 Å². The van der Waals surface area contributed by atoms with E-state index < -0.39 is 16.7 Å². The number of nitro benzene ring substituents is 1. The van der Waals surface area contributed by atoms with E-state index in [0.29, 0.717) is 16.9 Å². The molecule has 2 heterocycles. The molecule has 160 valence electrons. The molecule has 1 aromatic heterocycles. The number of carbonyl (C=O) groups is 2. The molecule has 1 aliphatic rings. The van der Waals surface area contributed by atoms with Gasteiger partial charge in [0.25, 0.3) is 17.5 Å². The number of nitro groups is 1. The van der Waals surface area contributed by atoms with Gasteiger partial charge in [-0.2, -0.15) is 0 Å². The fourth-order valence-electron chi connectivity index (χ4n) is 3.47. The van der Waals surface area contributed by atoms with Crippen LogP contribution in [0.1, 0.15) is 22.4 Å². The SMILES string of the molecule is Cc1ccc(NC2=C(c3ccc([N+](=O)[O-])cc3)C(=O)N(Cc3ccccn3)C2=O)cc1C. The molecule has 0 fully saturated rings. The molecule has 3 aromatic rings. The number of carbonyl (C=O) groups excluding carboxylic acids is 2. The maximum absolute atomic E-state index is 13.3. The molecule has 0 atom stereocenters. The average Bonchev–Trinajstić information content (AvgIpc) is 3.01. The van der Waals surface area contributed by atoms with Crippen molar-refractivity contribution in [2.45, 2.75) is 20.4 Å². The first kappa shape index (κ1) is 20.9. The molecule has 8 heteroatoms. The first-order valence-corrected chi connectivity index (χ1v) is 9.94. The Labute approximate surface area is 184 Å². The van der Waals surface area contributed by atoms with Gasteiger partial charge >= 0.3 is 0 Å². The minimum absolute atomic E-state index is 0.0209. The Hall–Kier alpha value is -4.33. The summed E-state index contributed by atoms with van der Waals surface area (Å²) in [5.41, 5.74) is 4.00. The van der Waals surface area contributed by atoms with Crippen molar-refractivity contribution in [1.29, 1.82) is 0 Å². The second-order valence-corrected chi connectivity index (χ2v) is 7.50. The fourth-order valence-corrected chi connectivity index (χ4v) is 3.47. The van der Waals surface area contributed by atoms with E-state index in [2.05, 4.69) is 10.3 Å². The number of hydrogen-bond acceptors (Lipinski definition) is 6. The second kappa shape index (κ2) is 8.43. The van der Waals surface area contributed by atoms with Gasteiger partial charge in [-0.05, 0) is 66.9 Å². The fraction of sp³-hybridized carbons (Fsp3) is 0.125. The predicted octanol–water partition coefficient (Wildman–Crippen LogP) is 4.00. The lowest BCUT2D eigenvalue weighted by atomic mass is 10.0. The first-order chi connectivity index (χ1) is 15.3. The highest BCUT2D eigenvalue weighted by atomic mass is 16.6. The Morgan fingerprint density at radius 3 is 2.34 bits per heavy atom. The van der Waals surface area contributed by atoms with Crippen molar-refractivity contribution in [3.8, 4) is 0 Å². The summed E-state index contributed by atoms with van der Waals surface area (Å²) in [4.78, 5) is 42.4. The van der Waals surface area contributed by atoms with E-state index in [9.17, 15) is 19.7 Å². The lowest BCUT2D eigenvalue weighted by molar-refractivity contribution is -0.384. The Morgan fingerprint density at radius 1 is 0.969 bits per heavy atom. The number of nitrogens with one attached hydrogen (secondary N) is 1. The van der Waals surface area contributed by atoms with E-state index >= 15 is 0 Å². The van der Waals surface area contributed by atoms with E-state index in [1.807, 2.05) is 32.0 Å². The summed E-state index contributed by atoms with van der Waals surface area (Å²) in [6.45, 7) is 3.97. The number of anilines is 1. The molecule has 0 spiro atoms. The van der Waals surface area contributed by atoms with Crippen LogP contribution in [0.5, 0.6) is 0 Å². The Balaban J connectivity index is 1.76. The second-order valence-electron chi connectivity index (χ2n) is 7.50. The number of nitrogens with zero attached hydrogens (tertiary/aromatic N) is 3. The maximum atomic E-state index is 13.3. The Morgan fingerprint density at radius 2 is 1.72 bits per heavy atom. The molecule has 1 N–H and O–H groups in total. The number of pyridine rings is 1. The van der Waals surface area contributed by atoms with Crippen LogP contribution in [0, 0.1) is 24.0 Å². The lowest BCUT2D eigenvalue weighted by Crippen LogP contribution is -2.32. The molecule has 2 aromatic carbocycles. The number of rotatable bonds is 6. The van der Waals surface area contributed by atoms with Gasteiger partial charge < -0.3 is 5.32 Å². The van der Waals surface area contributed by atoms with Gasteiger partial charge in [0, 0.05) is 24.0 Å². The number of aryl methyl sites for hydroxylation is 2. The van der Waals surface area contributed by atoms with Crippen LogP contribution >= 0.6 is 0 Å². The summed E-state index contributed by atoms with van der Waals surface area (Å²) in [6.07, 6.45) is 1.60. The van der Waals surface area contributed by atoms with E-state index in [1.54, 1.807) is 24.4 Å². The largest absolute Gasteiger partial charge is 0.350 e. The third kappa shape index (κ3) is 3.98. The molecule has 1 aliphatic heterocycles. The smallest absolute Gasteiger partial charge is 0.278 e.